The third-order valence-corrected chi connectivity index (χ3v) is 4.89. The van der Waals surface area contributed by atoms with Crippen LogP contribution in [0, 0.1) is 0 Å². The van der Waals surface area contributed by atoms with Gasteiger partial charge < -0.3 is 10.1 Å². The number of nitrogens with zero attached hydrogens (tertiary/aromatic N) is 3. The first-order valence-corrected chi connectivity index (χ1v) is 9.47. The Hall–Kier alpha value is -2.38. The highest BCUT2D eigenvalue weighted by atomic mass is 32.2. The molecule has 4 rings (SSSR count). The van der Waals surface area contributed by atoms with Crippen LogP contribution in [0.15, 0.2) is 53.0 Å². The van der Waals surface area contributed by atoms with Crippen molar-refractivity contribution in [3.63, 3.8) is 0 Å². The molecule has 1 aliphatic heterocycles. The van der Waals surface area contributed by atoms with Crippen LogP contribution in [0.5, 0.6) is 5.88 Å². The standard InChI is InChI=1S/C17H14N4OS2/c1-23-17-19-16-15(20-21-17)12-6-2-3-7-13(12)18-14(22-16)9-8-11-5-4-10-24-11/h2-10,14,18H,1H3/b9-8+/t14-/m0/s1. The van der Waals surface area contributed by atoms with E-state index in [0.717, 1.165) is 11.3 Å². The summed E-state index contributed by atoms with van der Waals surface area (Å²) in [6.07, 6.45) is 5.61. The number of thioether (sulfide) groups is 1. The average Bonchev–Trinajstić information content (AvgIpc) is 3.08. The van der Waals surface area contributed by atoms with Crippen molar-refractivity contribution in [1.29, 1.82) is 0 Å². The molecule has 3 heterocycles. The molecule has 1 aliphatic rings. The van der Waals surface area contributed by atoms with E-state index in [2.05, 4.69) is 26.6 Å². The minimum absolute atomic E-state index is 0.332. The summed E-state index contributed by atoms with van der Waals surface area (Å²) in [6.45, 7) is 0. The van der Waals surface area contributed by atoms with Crippen LogP contribution in [0.1, 0.15) is 4.88 Å². The molecule has 0 unspecified atom stereocenters. The molecule has 0 saturated heterocycles. The lowest BCUT2D eigenvalue weighted by Crippen LogP contribution is -2.23. The van der Waals surface area contributed by atoms with Crippen LogP contribution in [0.3, 0.4) is 0 Å². The van der Waals surface area contributed by atoms with E-state index in [-0.39, 0.29) is 6.23 Å². The predicted octanol–water partition coefficient (Wildman–Crippen LogP) is 4.17. The zero-order chi connectivity index (χ0) is 16.4. The quantitative estimate of drug-likeness (QED) is 0.713. The third-order valence-electron chi connectivity index (χ3n) is 3.51. The van der Waals surface area contributed by atoms with Gasteiger partial charge in [-0.15, -0.1) is 21.5 Å². The van der Waals surface area contributed by atoms with E-state index in [1.54, 1.807) is 11.3 Å². The second-order valence-corrected chi connectivity index (χ2v) is 6.81. The molecule has 1 aromatic carbocycles. The van der Waals surface area contributed by atoms with E-state index in [0.29, 0.717) is 16.7 Å². The Kier molecular flexibility index (Phi) is 4.18. The van der Waals surface area contributed by atoms with Gasteiger partial charge in [0.15, 0.2) is 11.9 Å². The summed E-state index contributed by atoms with van der Waals surface area (Å²) in [5.74, 6) is 0.493. The van der Waals surface area contributed by atoms with Crippen LogP contribution in [0.4, 0.5) is 5.69 Å². The first kappa shape index (κ1) is 15.2. The maximum Gasteiger partial charge on any atom is 0.247 e. The molecule has 1 atom stereocenters. The van der Waals surface area contributed by atoms with Gasteiger partial charge in [0.05, 0.1) is 0 Å². The number of ether oxygens (including phenoxy) is 1. The fraction of sp³-hybridized carbons (Fsp3) is 0.118. The van der Waals surface area contributed by atoms with Crippen LogP contribution in [-0.2, 0) is 0 Å². The monoisotopic (exact) mass is 354 g/mol. The number of para-hydroxylation sites is 1. The fourth-order valence-corrected chi connectivity index (χ4v) is 3.33. The molecule has 0 spiro atoms. The van der Waals surface area contributed by atoms with Gasteiger partial charge in [-0.05, 0) is 35.9 Å². The number of benzene rings is 1. The van der Waals surface area contributed by atoms with Gasteiger partial charge >= 0.3 is 0 Å². The topological polar surface area (TPSA) is 59.9 Å². The van der Waals surface area contributed by atoms with Crippen molar-refractivity contribution < 1.29 is 4.74 Å². The third kappa shape index (κ3) is 3.00. The molecule has 2 aromatic heterocycles. The van der Waals surface area contributed by atoms with Crippen LogP contribution in [0.25, 0.3) is 17.3 Å². The van der Waals surface area contributed by atoms with Crippen molar-refractivity contribution in [2.45, 2.75) is 11.4 Å². The van der Waals surface area contributed by atoms with E-state index >= 15 is 0 Å². The number of aromatic nitrogens is 3. The van der Waals surface area contributed by atoms with Crippen molar-refractivity contribution in [3.05, 3.63) is 52.7 Å². The first-order chi connectivity index (χ1) is 11.8. The number of thiophene rings is 1. The zero-order valence-corrected chi connectivity index (χ0v) is 14.5. The van der Waals surface area contributed by atoms with Crippen molar-refractivity contribution >= 4 is 34.9 Å². The molecular formula is C17H14N4OS2. The van der Waals surface area contributed by atoms with Gasteiger partial charge in [0.1, 0.15) is 0 Å². The number of hydrogen-bond acceptors (Lipinski definition) is 7. The van der Waals surface area contributed by atoms with E-state index in [1.165, 1.54) is 16.6 Å². The van der Waals surface area contributed by atoms with Gasteiger partial charge in [-0.1, -0.05) is 36.0 Å². The van der Waals surface area contributed by atoms with Crippen LogP contribution < -0.4 is 10.1 Å². The first-order valence-electron chi connectivity index (χ1n) is 7.36. The van der Waals surface area contributed by atoms with E-state index in [1.807, 2.05) is 54.1 Å². The van der Waals surface area contributed by atoms with E-state index in [4.69, 9.17) is 4.74 Å². The number of nitrogens with one attached hydrogen (secondary N) is 1. The van der Waals surface area contributed by atoms with Crippen LogP contribution in [0.2, 0.25) is 0 Å². The lowest BCUT2D eigenvalue weighted by Gasteiger charge is -2.15. The van der Waals surface area contributed by atoms with Gasteiger partial charge in [0.2, 0.25) is 11.0 Å². The second kappa shape index (κ2) is 6.62. The molecule has 7 heteroatoms. The molecule has 120 valence electrons. The number of hydrogen-bond donors (Lipinski definition) is 1. The van der Waals surface area contributed by atoms with Gasteiger partial charge in [-0.25, -0.2) is 0 Å². The maximum absolute atomic E-state index is 6.06. The SMILES string of the molecule is CSc1nnc2c(n1)O[C@@H](/C=C/c1cccs1)Nc1ccccc1-2. The smallest absolute Gasteiger partial charge is 0.247 e. The highest BCUT2D eigenvalue weighted by Crippen LogP contribution is 2.36. The van der Waals surface area contributed by atoms with Crippen molar-refractivity contribution in [2.24, 2.45) is 0 Å². The molecule has 0 fully saturated rings. The summed E-state index contributed by atoms with van der Waals surface area (Å²) in [6, 6.07) is 12.0. The number of anilines is 1. The fourth-order valence-electron chi connectivity index (χ4n) is 2.41. The second-order valence-electron chi connectivity index (χ2n) is 5.06. The molecule has 5 nitrogen and oxygen atoms in total. The molecule has 0 amide bonds. The summed E-state index contributed by atoms with van der Waals surface area (Å²) >= 11 is 3.12. The lowest BCUT2D eigenvalue weighted by molar-refractivity contribution is 0.266. The maximum atomic E-state index is 6.06. The Morgan fingerprint density at radius 1 is 1.21 bits per heavy atom. The molecular weight excluding hydrogens is 340 g/mol. The Morgan fingerprint density at radius 2 is 2.12 bits per heavy atom. The minimum atomic E-state index is -0.332. The molecule has 0 bridgehead atoms. The minimum Gasteiger partial charge on any atom is -0.448 e. The van der Waals surface area contributed by atoms with Gasteiger partial charge in [0, 0.05) is 16.1 Å². The van der Waals surface area contributed by atoms with E-state index < -0.39 is 0 Å². The van der Waals surface area contributed by atoms with Crippen LogP contribution in [-0.4, -0.2) is 27.7 Å². The highest BCUT2D eigenvalue weighted by molar-refractivity contribution is 7.98. The largest absolute Gasteiger partial charge is 0.448 e. The molecule has 1 N–H and O–H groups in total. The zero-order valence-electron chi connectivity index (χ0n) is 12.8. The summed E-state index contributed by atoms with van der Waals surface area (Å²) in [7, 11) is 0. The Bertz CT molecular complexity index is 880. The Morgan fingerprint density at radius 3 is 2.96 bits per heavy atom. The van der Waals surface area contributed by atoms with Crippen molar-refractivity contribution in [1.82, 2.24) is 15.2 Å². The normalized spacial score (nSPS) is 16.0. The van der Waals surface area contributed by atoms with E-state index in [9.17, 15) is 0 Å². The molecule has 0 radical (unpaired) electrons. The molecule has 3 aromatic rings. The summed E-state index contributed by atoms with van der Waals surface area (Å²) < 4.78 is 6.06. The molecule has 0 saturated carbocycles. The van der Waals surface area contributed by atoms with Crippen LogP contribution >= 0.6 is 23.1 Å². The summed E-state index contributed by atoms with van der Waals surface area (Å²) in [4.78, 5) is 5.65. The average molecular weight is 354 g/mol. The number of fused-ring (bicyclic) bond motifs is 3. The van der Waals surface area contributed by atoms with Gasteiger partial charge in [-0.2, -0.15) is 4.98 Å². The van der Waals surface area contributed by atoms with Crippen molar-refractivity contribution in [3.8, 4) is 17.1 Å². The molecule has 24 heavy (non-hydrogen) atoms. The Labute approximate surface area is 147 Å². The number of rotatable bonds is 3. The molecule has 0 aliphatic carbocycles. The summed E-state index contributed by atoms with van der Waals surface area (Å²) in [5.41, 5.74) is 2.54. The predicted molar refractivity (Wildman–Crippen MR) is 98.4 cm³/mol. The highest BCUT2D eigenvalue weighted by Gasteiger charge is 2.23. The lowest BCUT2D eigenvalue weighted by atomic mass is 10.1. The van der Waals surface area contributed by atoms with Gasteiger partial charge in [-0.3, -0.25) is 0 Å². The Balaban J connectivity index is 1.75. The van der Waals surface area contributed by atoms with Crippen molar-refractivity contribution in [2.75, 3.05) is 11.6 Å². The van der Waals surface area contributed by atoms with Gasteiger partial charge in [0.25, 0.3) is 0 Å². The summed E-state index contributed by atoms with van der Waals surface area (Å²) in [5, 5.41) is 14.5.